The van der Waals surface area contributed by atoms with Crippen LogP contribution in [0, 0.1) is 0 Å². The molecule has 4 nitrogen and oxygen atoms in total. The maximum atomic E-state index is 12.2. The van der Waals surface area contributed by atoms with E-state index in [1.54, 1.807) is 7.11 Å². The van der Waals surface area contributed by atoms with Gasteiger partial charge in [-0.3, -0.25) is 4.79 Å². The molecule has 5 heteroatoms. The molecule has 0 aromatic rings. The first-order chi connectivity index (χ1) is 7.66. The van der Waals surface area contributed by atoms with Crippen LogP contribution < -0.4 is 5.32 Å². The number of carbonyl (C=O) groups is 1. The lowest BCUT2D eigenvalue weighted by Gasteiger charge is -2.32. The zero-order chi connectivity index (χ0) is 12.0. The number of nitrogens with zero attached hydrogens (tertiary/aromatic N) is 1. The Balaban J connectivity index is 2.51. The van der Waals surface area contributed by atoms with Gasteiger partial charge in [0.1, 0.15) is 0 Å². The number of carbonyl (C=O) groups excluding carboxylic acids is 1. The lowest BCUT2D eigenvalue weighted by Crippen LogP contribution is -2.53. The number of methoxy groups -OCH3 is 1. The minimum atomic E-state index is -0.0157. The zero-order valence-corrected chi connectivity index (χ0v) is 11.2. The average Bonchev–Trinajstić information content (AvgIpc) is 2.30. The van der Waals surface area contributed by atoms with Crippen LogP contribution in [0.2, 0.25) is 0 Å². The topological polar surface area (TPSA) is 41.6 Å². The van der Waals surface area contributed by atoms with Crippen molar-refractivity contribution in [2.75, 3.05) is 38.3 Å². The predicted molar refractivity (Wildman–Crippen MR) is 67.8 cm³/mol. The Morgan fingerprint density at radius 3 is 2.88 bits per heavy atom. The molecule has 1 rings (SSSR count). The highest BCUT2D eigenvalue weighted by molar-refractivity contribution is 7.99. The van der Waals surface area contributed by atoms with Crippen molar-refractivity contribution < 1.29 is 9.53 Å². The summed E-state index contributed by atoms with van der Waals surface area (Å²) in [5, 5.41) is 3.28. The smallest absolute Gasteiger partial charge is 0.240 e. The molecule has 1 saturated heterocycles. The molecule has 1 aliphatic rings. The van der Waals surface area contributed by atoms with Gasteiger partial charge in [0.2, 0.25) is 5.91 Å². The van der Waals surface area contributed by atoms with Crippen LogP contribution in [0.25, 0.3) is 0 Å². The van der Waals surface area contributed by atoms with Crippen molar-refractivity contribution in [1.82, 2.24) is 10.2 Å². The first kappa shape index (κ1) is 13.8. The van der Waals surface area contributed by atoms with Gasteiger partial charge in [0.15, 0.2) is 0 Å². The van der Waals surface area contributed by atoms with Crippen LogP contribution in [-0.2, 0) is 9.53 Å². The molecule has 1 amide bonds. The maximum absolute atomic E-state index is 12.2. The lowest BCUT2D eigenvalue weighted by molar-refractivity contribution is -0.135. The van der Waals surface area contributed by atoms with Crippen molar-refractivity contribution in [2.24, 2.45) is 0 Å². The summed E-state index contributed by atoms with van der Waals surface area (Å²) in [4.78, 5) is 14.1. The van der Waals surface area contributed by atoms with Crippen LogP contribution in [0.3, 0.4) is 0 Å². The summed E-state index contributed by atoms with van der Waals surface area (Å²) in [7, 11) is 1.66. The average molecular weight is 246 g/mol. The highest BCUT2D eigenvalue weighted by atomic mass is 32.2. The maximum Gasteiger partial charge on any atom is 0.240 e. The fourth-order valence-electron chi connectivity index (χ4n) is 1.74. The van der Waals surface area contributed by atoms with Gasteiger partial charge in [0.25, 0.3) is 0 Å². The summed E-state index contributed by atoms with van der Waals surface area (Å²) < 4.78 is 5.04. The molecule has 94 valence electrons. The van der Waals surface area contributed by atoms with E-state index in [4.69, 9.17) is 4.74 Å². The van der Waals surface area contributed by atoms with E-state index in [-0.39, 0.29) is 18.0 Å². The van der Waals surface area contributed by atoms with E-state index in [1.165, 1.54) is 0 Å². The second-order valence-corrected chi connectivity index (χ2v) is 5.35. The molecule has 1 fully saturated rings. The van der Waals surface area contributed by atoms with Gasteiger partial charge in [0, 0.05) is 37.7 Å². The summed E-state index contributed by atoms with van der Waals surface area (Å²) in [5.74, 6) is 2.19. The van der Waals surface area contributed by atoms with Crippen molar-refractivity contribution in [3.8, 4) is 0 Å². The Hall–Kier alpha value is -0.260. The van der Waals surface area contributed by atoms with Crippen LogP contribution >= 0.6 is 11.8 Å². The van der Waals surface area contributed by atoms with Crippen LogP contribution in [0.15, 0.2) is 0 Å². The third kappa shape index (κ3) is 3.96. The number of nitrogens with one attached hydrogen (secondary N) is 1. The highest BCUT2D eigenvalue weighted by Crippen LogP contribution is 2.11. The molecule has 1 atom stereocenters. The SMILES string of the molecule is COCCN(C(=O)C1CSCCN1)C(C)C. The molecule has 0 bridgehead atoms. The molecule has 0 aromatic carbocycles. The van der Waals surface area contributed by atoms with Crippen molar-refractivity contribution >= 4 is 17.7 Å². The number of thioether (sulfide) groups is 1. The first-order valence-electron chi connectivity index (χ1n) is 5.77. The van der Waals surface area contributed by atoms with Gasteiger partial charge < -0.3 is 15.0 Å². The Bertz CT molecular complexity index is 218. The number of hydrogen-bond acceptors (Lipinski definition) is 4. The van der Waals surface area contributed by atoms with Crippen LogP contribution in [-0.4, -0.2) is 61.2 Å². The van der Waals surface area contributed by atoms with E-state index >= 15 is 0 Å². The van der Waals surface area contributed by atoms with Crippen molar-refractivity contribution in [1.29, 1.82) is 0 Å². The summed E-state index contributed by atoms with van der Waals surface area (Å²) in [6, 6.07) is 0.217. The van der Waals surface area contributed by atoms with E-state index < -0.39 is 0 Å². The molecule has 1 N–H and O–H groups in total. The number of hydrogen-bond donors (Lipinski definition) is 1. The van der Waals surface area contributed by atoms with E-state index in [9.17, 15) is 4.79 Å². The molecular weight excluding hydrogens is 224 g/mol. The van der Waals surface area contributed by atoms with E-state index in [2.05, 4.69) is 5.32 Å². The summed E-state index contributed by atoms with van der Waals surface area (Å²) in [5.41, 5.74) is 0. The fraction of sp³-hybridized carbons (Fsp3) is 0.909. The quantitative estimate of drug-likeness (QED) is 0.770. The second kappa shape index (κ2) is 7.14. The van der Waals surface area contributed by atoms with E-state index in [0.29, 0.717) is 13.2 Å². The lowest BCUT2D eigenvalue weighted by atomic mass is 10.2. The minimum Gasteiger partial charge on any atom is -0.383 e. The second-order valence-electron chi connectivity index (χ2n) is 4.20. The van der Waals surface area contributed by atoms with Gasteiger partial charge in [-0.15, -0.1) is 0 Å². The minimum absolute atomic E-state index is 0.0157. The Kier molecular flexibility index (Phi) is 6.16. The molecule has 0 spiro atoms. The molecule has 1 unspecified atom stereocenters. The summed E-state index contributed by atoms with van der Waals surface area (Å²) in [6.07, 6.45) is 0. The fourth-order valence-corrected chi connectivity index (χ4v) is 2.66. The van der Waals surface area contributed by atoms with Gasteiger partial charge in [-0.25, -0.2) is 0 Å². The normalized spacial score (nSPS) is 21.1. The Morgan fingerprint density at radius 1 is 1.62 bits per heavy atom. The molecule has 0 aliphatic carbocycles. The molecule has 1 heterocycles. The summed E-state index contributed by atoms with van der Waals surface area (Å²) >= 11 is 1.84. The van der Waals surface area contributed by atoms with Gasteiger partial charge in [0.05, 0.1) is 12.6 Å². The number of ether oxygens (including phenoxy) is 1. The molecular formula is C11H22N2O2S. The van der Waals surface area contributed by atoms with E-state index in [0.717, 1.165) is 18.1 Å². The molecule has 0 radical (unpaired) electrons. The van der Waals surface area contributed by atoms with Gasteiger partial charge >= 0.3 is 0 Å². The van der Waals surface area contributed by atoms with Gasteiger partial charge in [-0.05, 0) is 13.8 Å². The van der Waals surface area contributed by atoms with Crippen molar-refractivity contribution in [3.05, 3.63) is 0 Å². The third-order valence-electron chi connectivity index (χ3n) is 2.66. The summed E-state index contributed by atoms with van der Waals surface area (Å²) in [6.45, 7) is 6.30. The van der Waals surface area contributed by atoms with Crippen LogP contribution in [0.1, 0.15) is 13.8 Å². The van der Waals surface area contributed by atoms with E-state index in [1.807, 2.05) is 30.5 Å². The molecule has 1 aliphatic heterocycles. The largest absolute Gasteiger partial charge is 0.383 e. The van der Waals surface area contributed by atoms with Gasteiger partial charge in [-0.1, -0.05) is 0 Å². The first-order valence-corrected chi connectivity index (χ1v) is 6.92. The zero-order valence-electron chi connectivity index (χ0n) is 10.4. The monoisotopic (exact) mass is 246 g/mol. The number of amides is 1. The predicted octanol–water partition coefficient (Wildman–Crippen LogP) is 0.575. The van der Waals surface area contributed by atoms with Crippen molar-refractivity contribution in [3.63, 3.8) is 0 Å². The molecule has 0 saturated carbocycles. The number of rotatable bonds is 5. The van der Waals surface area contributed by atoms with Crippen molar-refractivity contribution in [2.45, 2.75) is 25.9 Å². The van der Waals surface area contributed by atoms with Gasteiger partial charge in [-0.2, -0.15) is 11.8 Å². The van der Waals surface area contributed by atoms with Crippen LogP contribution in [0.5, 0.6) is 0 Å². The Morgan fingerprint density at radius 2 is 2.38 bits per heavy atom. The highest BCUT2D eigenvalue weighted by Gasteiger charge is 2.27. The van der Waals surface area contributed by atoms with Crippen LogP contribution in [0.4, 0.5) is 0 Å². The Labute approximate surface area is 102 Å². The molecule has 16 heavy (non-hydrogen) atoms. The third-order valence-corrected chi connectivity index (χ3v) is 3.72. The molecule has 0 aromatic heterocycles. The standard InChI is InChI=1S/C11H22N2O2S/c1-9(2)13(5-6-15-3)11(14)10-8-16-7-4-12-10/h9-10,12H,4-8H2,1-3H3.